The monoisotopic (exact) mass is 361 g/mol. The number of nitrogens with two attached hydrogens (primary N) is 1. The summed E-state index contributed by atoms with van der Waals surface area (Å²) in [4.78, 5) is 23.5. The molecule has 140 valence electrons. The van der Waals surface area contributed by atoms with E-state index in [9.17, 15) is 14.7 Å². The number of hydrogen-bond donors (Lipinski definition) is 2. The van der Waals surface area contributed by atoms with E-state index in [1.807, 2.05) is 13.8 Å². The Morgan fingerprint density at radius 1 is 1.27 bits per heavy atom. The quantitative estimate of drug-likeness (QED) is 0.783. The van der Waals surface area contributed by atoms with Gasteiger partial charge in [-0.3, -0.25) is 9.59 Å². The maximum Gasteiger partial charge on any atom is 0.227 e. The van der Waals surface area contributed by atoms with E-state index in [2.05, 4.69) is 0 Å². The maximum absolute atomic E-state index is 11.9. The second kappa shape index (κ2) is 7.95. The highest BCUT2D eigenvalue weighted by Gasteiger charge is 2.26. The lowest BCUT2D eigenvalue weighted by Gasteiger charge is -2.19. The Balaban J connectivity index is 2.58. The van der Waals surface area contributed by atoms with Crippen molar-refractivity contribution < 1.29 is 23.8 Å². The van der Waals surface area contributed by atoms with Gasteiger partial charge in [-0.1, -0.05) is 6.07 Å². The molecule has 1 atom stereocenters. The van der Waals surface area contributed by atoms with Gasteiger partial charge in [0.2, 0.25) is 17.1 Å². The lowest BCUT2D eigenvalue weighted by atomic mass is 9.91. The van der Waals surface area contributed by atoms with Crippen LogP contribution in [0.4, 0.5) is 0 Å². The molecule has 0 bridgehead atoms. The molecule has 0 aliphatic rings. The zero-order chi connectivity index (χ0) is 19.4. The van der Waals surface area contributed by atoms with Gasteiger partial charge < -0.3 is 24.7 Å². The van der Waals surface area contributed by atoms with Crippen molar-refractivity contribution in [2.75, 3.05) is 7.11 Å². The highest BCUT2D eigenvalue weighted by Crippen LogP contribution is 2.37. The molecule has 7 heteroatoms. The highest BCUT2D eigenvalue weighted by atomic mass is 16.5. The average molecular weight is 361 g/mol. The number of primary amides is 1. The molecule has 0 aliphatic heterocycles. The van der Waals surface area contributed by atoms with Gasteiger partial charge in [0.05, 0.1) is 19.1 Å². The van der Waals surface area contributed by atoms with E-state index < -0.39 is 23.0 Å². The molecule has 2 rings (SSSR count). The number of carbonyl (C=O) groups is 1. The molecule has 1 aromatic carbocycles. The molecule has 0 radical (unpaired) electrons. The van der Waals surface area contributed by atoms with E-state index in [4.69, 9.17) is 19.6 Å². The fourth-order valence-corrected chi connectivity index (χ4v) is 2.68. The number of rotatable bonds is 7. The first kappa shape index (κ1) is 19.4. The lowest BCUT2D eigenvalue weighted by Crippen LogP contribution is -2.18. The maximum atomic E-state index is 11.9. The summed E-state index contributed by atoms with van der Waals surface area (Å²) in [5, 5.41) is 10.2. The smallest absolute Gasteiger partial charge is 0.227 e. The van der Waals surface area contributed by atoms with Crippen LogP contribution >= 0.6 is 0 Å². The Morgan fingerprint density at radius 3 is 2.54 bits per heavy atom. The van der Waals surface area contributed by atoms with Crippen LogP contribution in [0.1, 0.15) is 43.3 Å². The van der Waals surface area contributed by atoms with Gasteiger partial charge in [0.25, 0.3) is 0 Å². The van der Waals surface area contributed by atoms with Gasteiger partial charge in [-0.2, -0.15) is 0 Å². The van der Waals surface area contributed by atoms with E-state index in [1.165, 1.54) is 13.2 Å². The number of methoxy groups -OCH3 is 1. The van der Waals surface area contributed by atoms with Crippen molar-refractivity contribution in [1.82, 2.24) is 0 Å². The van der Waals surface area contributed by atoms with E-state index in [0.29, 0.717) is 22.8 Å². The largest absolute Gasteiger partial charge is 0.502 e. The molecule has 26 heavy (non-hydrogen) atoms. The summed E-state index contributed by atoms with van der Waals surface area (Å²) in [6, 6.07) is 6.27. The summed E-state index contributed by atoms with van der Waals surface area (Å²) in [6.07, 6.45) is -0.192. The van der Waals surface area contributed by atoms with Crippen molar-refractivity contribution in [3.05, 3.63) is 51.6 Å². The number of amides is 1. The molecule has 2 aromatic rings. The van der Waals surface area contributed by atoms with Gasteiger partial charge >= 0.3 is 0 Å². The Hall–Kier alpha value is -2.96. The van der Waals surface area contributed by atoms with E-state index in [0.717, 1.165) is 0 Å². The summed E-state index contributed by atoms with van der Waals surface area (Å²) in [5.41, 5.74) is 5.38. The third-order valence-electron chi connectivity index (χ3n) is 3.75. The summed E-state index contributed by atoms with van der Waals surface area (Å²) in [6.45, 7) is 5.37. The number of carbonyl (C=O) groups excluding carboxylic acids is 1. The molecule has 1 amide bonds. The Kier molecular flexibility index (Phi) is 5.92. The molecule has 0 aliphatic carbocycles. The van der Waals surface area contributed by atoms with Crippen LogP contribution < -0.4 is 20.6 Å². The fourth-order valence-electron chi connectivity index (χ4n) is 2.68. The van der Waals surface area contributed by atoms with E-state index >= 15 is 0 Å². The van der Waals surface area contributed by atoms with Gasteiger partial charge in [-0.05, 0) is 38.5 Å². The van der Waals surface area contributed by atoms with Crippen molar-refractivity contribution >= 4 is 5.91 Å². The number of hydrogen-bond acceptors (Lipinski definition) is 6. The van der Waals surface area contributed by atoms with Gasteiger partial charge in [-0.15, -0.1) is 0 Å². The molecule has 1 unspecified atom stereocenters. The molecule has 3 N–H and O–H groups in total. The standard InChI is InChI=1S/C19H23NO6/c1-10(2)25-15-6-5-12(8-16(15)24-4)13(9-17(20)22)19-18(23)14(21)7-11(3)26-19/h5-8,10,13,23H,9H2,1-4H3,(H2,20,22). The van der Waals surface area contributed by atoms with Gasteiger partial charge in [0.15, 0.2) is 17.3 Å². The minimum absolute atomic E-state index is 0.00613. The number of ether oxygens (including phenoxy) is 2. The molecule has 7 nitrogen and oxygen atoms in total. The van der Waals surface area contributed by atoms with Crippen LogP contribution in [-0.2, 0) is 4.79 Å². The third kappa shape index (κ3) is 4.36. The Bertz CT molecular complexity index is 856. The molecular weight excluding hydrogens is 338 g/mol. The van der Waals surface area contributed by atoms with Crippen LogP contribution in [0.3, 0.4) is 0 Å². The van der Waals surface area contributed by atoms with Crippen molar-refractivity contribution in [2.45, 2.75) is 39.2 Å². The van der Waals surface area contributed by atoms with Crippen molar-refractivity contribution in [3.8, 4) is 17.2 Å². The minimum atomic E-state index is -0.734. The van der Waals surface area contributed by atoms with Crippen molar-refractivity contribution in [3.63, 3.8) is 0 Å². The first-order chi connectivity index (χ1) is 12.2. The normalized spacial score (nSPS) is 12.0. The Labute approximate surface area is 151 Å². The van der Waals surface area contributed by atoms with Crippen molar-refractivity contribution in [2.24, 2.45) is 5.73 Å². The zero-order valence-electron chi connectivity index (χ0n) is 15.2. The summed E-state index contributed by atoms with van der Waals surface area (Å²) in [5.74, 6) is -0.554. The van der Waals surface area contributed by atoms with Gasteiger partial charge in [-0.25, -0.2) is 0 Å². The van der Waals surface area contributed by atoms with Gasteiger partial charge in [0.1, 0.15) is 5.76 Å². The molecule has 0 spiro atoms. The lowest BCUT2D eigenvalue weighted by molar-refractivity contribution is -0.118. The number of aryl methyl sites for hydroxylation is 1. The van der Waals surface area contributed by atoms with Crippen LogP contribution in [0, 0.1) is 6.92 Å². The third-order valence-corrected chi connectivity index (χ3v) is 3.75. The predicted octanol–water partition coefficient (Wildman–Crippen LogP) is 2.46. The van der Waals surface area contributed by atoms with Crippen LogP contribution in [0.2, 0.25) is 0 Å². The second-order valence-electron chi connectivity index (χ2n) is 6.23. The highest BCUT2D eigenvalue weighted by molar-refractivity contribution is 5.75. The minimum Gasteiger partial charge on any atom is -0.502 e. The van der Waals surface area contributed by atoms with E-state index in [1.54, 1.807) is 25.1 Å². The molecule has 1 aromatic heterocycles. The van der Waals surface area contributed by atoms with Crippen LogP contribution in [0.25, 0.3) is 0 Å². The number of benzene rings is 1. The predicted molar refractivity (Wildman–Crippen MR) is 95.8 cm³/mol. The molecule has 0 saturated heterocycles. The van der Waals surface area contributed by atoms with Crippen LogP contribution in [0.15, 0.2) is 33.5 Å². The topological polar surface area (TPSA) is 112 Å². The SMILES string of the molecule is COc1cc(C(CC(N)=O)c2oc(C)cc(=O)c2O)ccc1OC(C)C. The molecule has 1 heterocycles. The van der Waals surface area contributed by atoms with Gasteiger partial charge in [0, 0.05) is 12.5 Å². The van der Waals surface area contributed by atoms with E-state index in [-0.39, 0.29) is 18.3 Å². The number of aromatic hydroxyl groups is 1. The second-order valence-corrected chi connectivity index (χ2v) is 6.23. The summed E-state index contributed by atoms with van der Waals surface area (Å²) >= 11 is 0. The molecular formula is C19H23NO6. The molecule has 0 saturated carbocycles. The van der Waals surface area contributed by atoms with Crippen molar-refractivity contribution in [1.29, 1.82) is 0 Å². The van der Waals surface area contributed by atoms with Crippen LogP contribution in [0.5, 0.6) is 17.2 Å². The Morgan fingerprint density at radius 2 is 1.96 bits per heavy atom. The molecule has 0 fully saturated rings. The first-order valence-corrected chi connectivity index (χ1v) is 8.19. The first-order valence-electron chi connectivity index (χ1n) is 8.19. The summed E-state index contributed by atoms with van der Waals surface area (Å²) < 4.78 is 16.6. The zero-order valence-corrected chi connectivity index (χ0v) is 15.2. The fraction of sp³-hybridized carbons (Fsp3) is 0.368. The average Bonchev–Trinajstić information content (AvgIpc) is 2.56. The summed E-state index contributed by atoms with van der Waals surface area (Å²) in [7, 11) is 1.50. The van der Waals surface area contributed by atoms with Crippen LogP contribution in [-0.4, -0.2) is 24.2 Å².